The first kappa shape index (κ1) is 24.4. The molecule has 1 unspecified atom stereocenters. The highest BCUT2D eigenvalue weighted by Gasteiger charge is 2.44. The van der Waals surface area contributed by atoms with Crippen LogP contribution < -0.4 is 21.3 Å². The van der Waals surface area contributed by atoms with E-state index >= 15 is 0 Å². The van der Waals surface area contributed by atoms with Crippen LogP contribution in [-0.2, 0) is 4.79 Å². The number of hydrogen-bond donors (Lipinski definition) is 4. The van der Waals surface area contributed by atoms with Crippen molar-refractivity contribution in [3.63, 3.8) is 0 Å². The number of hydroxylamine groups is 1. The average molecular weight is 441 g/mol. The fraction of sp³-hybridized carbons (Fsp3) is 0.217. The van der Waals surface area contributed by atoms with Crippen molar-refractivity contribution in [2.45, 2.75) is 24.9 Å². The molecule has 2 rings (SSSR count). The van der Waals surface area contributed by atoms with Crippen LogP contribution in [0.15, 0.2) is 48.5 Å². The van der Waals surface area contributed by atoms with Crippen molar-refractivity contribution < 1.29 is 28.3 Å². The second kappa shape index (κ2) is 10.9. The number of benzene rings is 2. The zero-order valence-electron chi connectivity index (χ0n) is 17.3. The summed E-state index contributed by atoms with van der Waals surface area (Å²) in [5.74, 6) is 9.74. The van der Waals surface area contributed by atoms with Crippen molar-refractivity contribution in [2.75, 3.05) is 7.11 Å². The summed E-state index contributed by atoms with van der Waals surface area (Å²) in [4.78, 5) is 24.1. The third kappa shape index (κ3) is 6.29. The lowest BCUT2D eigenvalue weighted by Gasteiger charge is -2.32. The molecule has 9 heteroatoms. The minimum atomic E-state index is -3.14. The van der Waals surface area contributed by atoms with E-state index in [1.165, 1.54) is 29.7 Å². The zero-order chi connectivity index (χ0) is 23.7. The Morgan fingerprint density at radius 1 is 1.03 bits per heavy atom. The molecule has 0 spiro atoms. The molecule has 0 aliphatic carbocycles. The quantitative estimate of drug-likeness (QED) is 0.310. The molecule has 0 radical (unpaired) electrons. The number of rotatable bonds is 6. The van der Waals surface area contributed by atoms with Crippen LogP contribution in [0.3, 0.4) is 0 Å². The third-order valence-corrected chi connectivity index (χ3v) is 4.45. The minimum Gasteiger partial charge on any atom is -0.497 e. The van der Waals surface area contributed by atoms with Gasteiger partial charge in [0, 0.05) is 16.7 Å². The highest BCUT2D eigenvalue weighted by molar-refractivity contribution is 5.98. The lowest BCUT2D eigenvalue weighted by Crippen LogP contribution is -2.66. The number of carbonyl (C=O) groups excluding carboxylic acids is 2. The van der Waals surface area contributed by atoms with E-state index in [-0.39, 0.29) is 5.56 Å². The molecule has 2 aromatic carbocycles. The van der Waals surface area contributed by atoms with Gasteiger partial charge < -0.3 is 15.8 Å². The maximum Gasteiger partial charge on any atom is 0.268 e. The predicted molar refractivity (Wildman–Crippen MR) is 113 cm³/mol. The van der Waals surface area contributed by atoms with Gasteiger partial charge in [0.2, 0.25) is 0 Å². The first-order valence-corrected chi connectivity index (χ1v) is 9.27. The Morgan fingerprint density at radius 3 is 1.97 bits per heavy atom. The maximum atomic E-state index is 13.2. The van der Waals surface area contributed by atoms with Crippen LogP contribution >= 0.6 is 0 Å². The number of halogens is 2. The SMILES string of the molecule is COc1ccc(C#CC#Cc2ccc(C(=O)N[C@H](C(=O)NO)C(C)(N)C(F)F)cc2)cc1. The third-order valence-electron chi connectivity index (χ3n) is 4.45. The zero-order valence-corrected chi connectivity index (χ0v) is 17.3. The Labute approximate surface area is 183 Å². The lowest BCUT2D eigenvalue weighted by molar-refractivity contribution is -0.134. The number of carbonyl (C=O) groups is 2. The fourth-order valence-corrected chi connectivity index (χ4v) is 2.49. The molecule has 0 aromatic heterocycles. The Balaban J connectivity index is 2.08. The second-order valence-electron chi connectivity index (χ2n) is 6.86. The number of methoxy groups -OCH3 is 1. The summed E-state index contributed by atoms with van der Waals surface area (Å²) >= 11 is 0. The number of nitrogens with two attached hydrogens (primary N) is 1. The Kier molecular flexibility index (Phi) is 8.31. The number of hydrogen-bond acceptors (Lipinski definition) is 5. The maximum absolute atomic E-state index is 13.2. The summed E-state index contributed by atoms with van der Waals surface area (Å²) in [6, 6.07) is 11.2. The van der Waals surface area contributed by atoms with Gasteiger partial charge in [-0.1, -0.05) is 11.8 Å². The minimum absolute atomic E-state index is 0.0840. The Hall–Kier alpha value is -3.92. The van der Waals surface area contributed by atoms with Crippen LogP contribution in [0.4, 0.5) is 8.78 Å². The van der Waals surface area contributed by atoms with Crippen molar-refractivity contribution in [2.24, 2.45) is 5.73 Å². The molecule has 0 aliphatic heterocycles. The molecule has 0 fully saturated rings. The van der Waals surface area contributed by atoms with Gasteiger partial charge in [0.05, 0.1) is 7.11 Å². The summed E-state index contributed by atoms with van der Waals surface area (Å²) in [5, 5.41) is 10.9. The predicted octanol–water partition coefficient (Wildman–Crippen LogP) is 1.68. The highest BCUT2D eigenvalue weighted by Crippen LogP contribution is 2.18. The van der Waals surface area contributed by atoms with Crippen molar-refractivity contribution in [1.29, 1.82) is 0 Å². The molecule has 2 aromatic rings. The second-order valence-corrected chi connectivity index (χ2v) is 6.86. The van der Waals surface area contributed by atoms with Crippen LogP contribution in [0, 0.1) is 23.7 Å². The normalized spacial score (nSPS) is 12.8. The molecule has 166 valence electrons. The first-order valence-electron chi connectivity index (χ1n) is 9.27. The van der Waals surface area contributed by atoms with Gasteiger partial charge in [0.25, 0.3) is 18.2 Å². The fourth-order valence-electron chi connectivity index (χ4n) is 2.49. The van der Waals surface area contributed by atoms with Gasteiger partial charge in [-0.05, 0) is 67.3 Å². The van der Waals surface area contributed by atoms with Crippen LogP contribution in [0.5, 0.6) is 5.75 Å². The van der Waals surface area contributed by atoms with E-state index in [0.717, 1.165) is 18.2 Å². The smallest absolute Gasteiger partial charge is 0.268 e. The van der Waals surface area contributed by atoms with Crippen molar-refractivity contribution in [3.05, 3.63) is 65.2 Å². The van der Waals surface area contributed by atoms with E-state index in [9.17, 15) is 18.4 Å². The number of nitrogens with one attached hydrogen (secondary N) is 2. The molecule has 0 saturated carbocycles. The monoisotopic (exact) mass is 441 g/mol. The van der Waals surface area contributed by atoms with E-state index in [2.05, 4.69) is 29.0 Å². The molecule has 0 bridgehead atoms. The molecular weight excluding hydrogens is 420 g/mol. The van der Waals surface area contributed by atoms with Crippen molar-refractivity contribution in [3.8, 4) is 29.4 Å². The molecule has 2 atom stereocenters. The molecule has 0 heterocycles. The largest absolute Gasteiger partial charge is 0.497 e. The highest BCUT2D eigenvalue weighted by atomic mass is 19.3. The van der Waals surface area contributed by atoms with E-state index in [1.54, 1.807) is 31.4 Å². The molecule has 0 aliphatic rings. The molecule has 7 nitrogen and oxygen atoms in total. The standard InChI is InChI=1S/C23H21F2N3O4/c1-23(26,22(24)25)19(21(30)28-31)27-20(29)17-11-7-15(8-12-17)5-3-4-6-16-9-13-18(32-2)14-10-16/h7-14,19,22,31H,26H2,1-2H3,(H,27,29)(H,28,30)/t19-,23?/m1/s1. The van der Waals surface area contributed by atoms with E-state index in [0.29, 0.717) is 5.56 Å². The van der Waals surface area contributed by atoms with Crippen molar-refractivity contribution >= 4 is 11.8 Å². The molecule has 0 saturated heterocycles. The number of alkyl halides is 2. The van der Waals surface area contributed by atoms with Gasteiger partial charge in [-0.25, -0.2) is 14.3 Å². The van der Waals surface area contributed by atoms with E-state index in [4.69, 9.17) is 15.7 Å². The molecular formula is C23H21F2N3O4. The molecule has 32 heavy (non-hydrogen) atoms. The van der Waals surface area contributed by atoms with Crippen LogP contribution in [-0.4, -0.2) is 42.1 Å². The summed E-state index contributed by atoms with van der Waals surface area (Å²) in [5.41, 5.74) is 5.72. The Bertz CT molecular complexity index is 1080. The molecule has 2 amide bonds. The van der Waals surface area contributed by atoms with Gasteiger partial charge in [-0.15, -0.1) is 0 Å². The summed E-state index contributed by atoms with van der Waals surface area (Å²) in [7, 11) is 1.57. The van der Waals surface area contributed by atoms with E-state index < -0.39 is 29.8 Å². The average Bonchev–Trinajstić information content (AvgIpc) is 2.80. The van der Waals surface area contributed by atoms with Crippen molar-refractivity contribution in [1.82, 2.24) is 10.8 Å². The lowest BCUT2D eigenvalue weighted by atomic mass is 9.92. The van der Waals surface area contributed by atoms with Crippen LogP contribution in [0.2, 0.25) is 0 Å². The van der Waals surface area contributed by atoms with Gasteiger partial charge in [-0.2, -0.15) is 0 Å². The van der Waals surface area contributed by atoms with E-state index in [1.807, 2.05) is 0 Å². The number of ether oxygens (including phenoxy) is 1. The summed E-state index contributed by atoms with van der Waals surface area (Å²) < 4.78 is 31.4. The summed E-state index contributed by atoms with van der Waals surface area (Å²) in [6.45, 7) is 0.892. The molecule has 5 N–H and O–H groups in total. The van der Waals surface area contributed by atoms with Gasteiger partial charge in [0.15, 0.2) is 0 Å². The summed E-state index contributed by atoms with van der Waals surface area (Å²) in [6.07, 6.45) is -3.14. The van der Waals surface area contributed by atoms with Gasteiger partial charge in [0.1, 0.15) is 17.3 Å². The Morgan fingerprint density at radius 2 is 1.53 bits per heavy atom. The van der Waals surface area contributed by atoms with Gasteiger partial charge >= 0.3 is 0 Å². The number of amides is 2. The van der Waals surface area contributed by atoms with Crippen LogP contribution in [0.25, 0.3) is 0 Å². The van der Waals surface area contributed by atoms with Crippen LogP contribution in [0.1, 0.15) is 28.4 Å². The first-order chi connectivity index (χ1) is 15.2. The topological polar surface area (TPSA) is 114 Å². The van der Waals surface area contributed by atoms with Gasteiger partial charge in [-0.3, -0.25) is 14.8 Å².